The van der Waals surface area contributed by atoms with Crippen molar-refractivity contribution in [2.75, 3.05) is 0 Å². The zero-order valence-corrected chi connectivity index (χ0v) is 9.53. The second kappa shape index (κ2) is 3.77. The number of phenols is 1. The third kappa shape index (κ3) is 1.55. The van der Waals surface area contributed by atoms with Gasteiger partial charge in [0, 0.05) is 0 Å². The highest BCUT2D eigenvalue weighted by atomic mass is 16.4. The van der Waals surface area contributed by atoms with Crippen LogP contribution in [0.2, 0.25) is 0 Å². The number of carboxylic acids is 1. The van der Waals surface area contributed by atoms with E-state index in [-0.39, 0.29) is 11.3 Å². The summed E-state index contributed by atoms with van der Waals surface area (Å²) in [5.74, 6) is -0.908. The predicted molar refractivity (Wildman–Crippen MR) is 60.7 cm³/mol. The summed E-state index contributed by atoms with van der Waals surface area (Å²) in [6.45, 7) is 1.67. The van der Waals surface area contributed by atoms with Crippen molar-refractivity contribution >= 4 is 5.97 Å². The van der Waals surface area contributed by atoms with Crippen LogP contribution < -0.4 is 0 Å². The van der Waals surface area contributed by atoms with Gasteiger partial charge in [0.15, 0.2) is 0 Å². The van der Waals surface area contributed by atoms with Crippen LogP contribution in [0.4, 0.5) is 0 Å². The molecule has 2 N–H and O–H groups in total. The van der Waals surface area contributed by atoms with E-state index in [9.17, 15) is 15.0 Å². The van der Waals surface area contributed by atoms with E-state index in [1.807, 2.05) is 6.07 Å². The Bertz CT molecular complexity index is 524. The Morgan fingerprint density at radius 2 is 2.12 bits per heavy atom. The highest BCUT2D eigenvalue weighted by molar-refractivity contribution is 5.83. The quantitative estimate of drug-likeness (QED) is 0.816. The van der Waals surface area contributed by atoms with Gasteiger partial charge >= 0.3 is 5.97 Å². The summed E-state index contributed by atoms with van der Waals surface area (Å²) in [6.07, 6.45) is 2.07. The molecule has 0 radical (unpaired) electrons. The molecule has 0 aliphatic heterocycles. The molecular weight excluding hydrogens is 218 g/mol. The van der Waals surface area contributed by atoms with Crippen LogP contribution in [-0.2, 0) is 10.2 Å². The van der Waals surface area contributed by atoms with Gasteiger partial charge in [0.25, 0.3) is 0 Å². The van der Waals surface area contributed by atoms with E-state index in [1.165, 1.54) is 6.07 Å². The monoisotopic (exact) mass is 231 g/mol. The molecule has 0 bridgehead atoms. The minimum absolute atomic E-state index is 0.0592. The van der Waals surface area contributed by atoms with Gasteiger partial charge in [-0.2, -0.15) is 5.26 Å². The van der Waals surface area contributed by atoms with Gasteiger partial charge in [-0.1, -0.05) is 12.5 Å². The SMILES string of the molecule is Cc1cc(C2(C(=O)O)CCC2)cc(C#N)c1O. The van der Waals surface area contributed by atoms with Crippen LogP contribution in [-0.4, -0.2) is 16.2 Å². The summed E-state index contributed by atoms with van der Waals surface area (Å²) < 4.78 is 0. The molecule has 1 aliphatic rings. The van der Waals surface area contributed by atoms with Crippen molar-refractivity contribution < 1.29 is 15.0 Å². The topological polar surface area (TPSA) is 81.3 Å². The number of hydrogen-bond donors (Lipinski definition) is 2. The number of carboxylic acid groups (broad SMARTS) is 1. The molecule has 1 aromatic carbocycles. The van der Waals surface area contributed by atoms with Crippen LogP contribution >= 0.6 is 0 Å². The third-order valence-corrected chi connectivity index (χ3v) is 3.59. The Morgan fingerprint density at radius 1 is 1.47 bits per heavy atom. The number of aromatic hydroxyl groups is 1. The van der Waals surface area contributed by atoms with Crippen LogP contribution in [0.5, 0.6) is 5.75 Å². The van der Waals surface area contributed by atoms with Crippen molar-refractivity contribution in [2.24, 2.45) is 0 Å². The maximum Gasteiger partial charge on any atom is 0.314 e. The van der Waals surface area contributed by atoms with Crippen molar-refractivity contribution in [1.29, 1.82) is 5.26 Å². The second-order valence-electron chi connectivity index (χ2n) is 4.54. The van der Waals surface area contributed by atoms with E-state index in [0.29, 0.717) is 24.0 Å². The third-order valence-electron chi connectivity index (χ3n) is 3.59. The van der Waals surface area contributed by atoms with E-state index < -0.39 is 11.4 Å². The van der Waals surface area contributed by atoms with Crippen molar-refractivity contribution in [2.45, 2.75) is 31.6 Å². The number of aliphatic carboxylic acids is 1. The Hall–Kier alpha value is -2.02. The summed E-state index contributed by atoms with van der Waals surface area (Å²) in [4.78, 5) is 11.4. The first-order valence-corrected chi connectivity index (χ1v) is 5.49. The first-order valence-electron chi connectivity index (χ1n) is 5.49. The van der Waals surface area contributed by atoms with Gasteiger partial charge in [-0.3, -0.25) is 4.79 Å². The van der Waals surface area contributed by atoms with Crippen LogP contribution in [0.25, 0.3) is 0 Å². The number of aryl methyl sites for hydroxylation is 1. The fourth-order valence-corrected chi connectivity index (χ4v) is 2.30. The summed E-state index contributed by atoms with van der Waals surface area (Å²) in [5.41, 5.74) is 0.464. The van der Waals surface area contributed by atoms with Crippen LogP contribution in [0, 0.1) is 18.3 Å². The number of rotatable bonds is 2. The van der Waals surface area contributed by atoms with E-state index in [1.54, 1.807) is 13.0 Å². The molecule has 0 atom stereocenters. The van der Waals surface area contributed by atoms with Gasteiger partial charge in [0.2, 0.25) is 0 Å². The highest BCUT2D eigenvalue weighted by Crippen LogP contribution is 2.45. The maximum atomic E-state index is 11.4. The number of nitrogens with zero attached hydrogens (tertiary/aromatic N) is 1. The number of nitriles is 1. The lowest BCUT2D eigenvalue weighted by atomic mass is 9.64. The van der Waals surface area contributed by atoms with Gasteiger partial charge < -0.3 is 10.2 Å². The summed E-state index contributed by atoms with van der Waals surface area (Å²) in [7, 11) is 0. The van der Waals surface area contributed by atoms with E-state index in [4.69, 9.17) is 5.26 Å². The summed E-state index contributed by atoms with van der Waals surface area (Å²) in [6, 6.07) is 5.06. The molecule has 17 heavy (non-hydrogen) atoms. The molecule has 4 nitrogen and oxygen atoms in total. The molecule has 1 saturated carbocycles. The molecule has 0 saturated heterocycles. The first kappa shape index (κ1) is 11.5. The minimum Gasteiger partial charge on any atom is -0.506 e. The Balaban J connectivity index is 2.57. The number of phenolic OH excluding ortho intramolecular Hbond substituents is 1. The Morgan fingerprint density at radius 3 is 2.53 bits per heavy atom. The van der Waals surface area contributed by atoms with Gasteiger partial charge in [-0.05, 0) is 37.0 Å². The molecule has 0 spiro atoms. The maximum absolute atomic E-state index is 11.4. The smallest absolute Gasteiger partial charge is 0.314 e. The Kier molecular flexibility index (Phi) is 2.55. The van der Waals surface area contributed by atoms with Crippen molar-refractivity contribution in [3.05, 3.63) is 28.8 Å². The highest BCUT2D eigenvalue weighted by Gasteiger charge is 2.46. The largest absolute Gasteiger partial charge is 0.506 e. The lowest BCUT2D eigenvalue weighted by Crippen LogP contribution is -2.42. The van der Waals surface area contributed by atoms with E-state index >= 15 is 0 Å². The molecule has 0 unspecified atom stereocenters. The van der Waals surface area contributed by atoms with Gasteiger partial charge in [-0.15, -0.1) is 0 Å². The van der Waals surface area contributed by atoms with Crippen molar-refractivity contribution in [1.82, 2.24) is 0 Å². The summed E-state index contributed by atoms with van der Waals surface area (Å²) >= 11 is 0. The standard InChI is InChI=1S/C13H13NO3/c1-8-5-10(6-9(7-14)11(8)15)13(12(16)17)3-2-4-13/h5-6,15H,2-4H2,1H3,(H,16,17). The van der Waals surface area contributed by atoms with Crippen LogP contribution in [0.15, 0.2) is 12.1 Å². The number of benzene rings is 1. The lowest BCUT2D eigenvalue weighted by Gasteiger charge is -2.38. The minimum atomic E-state index is -0.857. The number of hydrogen-bond acceptors (Lipinski definition) is 3. The molecule has 0 heterocycles. The molecule has 2 rings (SSSR count). The zero-order valence-electron chi connectivity index (χ0n) is 9.53. The molecule has 88 valence electrons. The van der Waals surface area contributed by atoms with Crippen LogP contribution in [0.3, 0.4) is 0 Å². The summed E-state index contributed by atoms with van der Waals surface area (Å²) in [5, 5.41) is 27.9. The van der Waals surface area contributed by atoms with Crippen molar-refractivity contribution in [3.63, 3.8) is 0 Å². The zero-order chi connectivity index (χ0) is 12.6. The normalized spacial score (nSPS) is 16.9. The molecule has 1 aliphatic carbocycles. The Labute approximate surface area is 99.1 Å². The van der Waals surface area contributed by atoms with E-state index in [2.05, 4.69) is 0 Å². The van der Waals surface area contributed by atoms with Crippen molar-refractivity contribution in [3.8, 4) is 11.8 Å². The van der Waals surface area contributed by atoms with Crippen LogP contribution in [0.1, 0.15) is 36.0 Å². The average molecular weight is 231 g/mol. The number of carbonyl (C=O) groups is 1. The first-order chi connectivity index (χ1) is 8.01. The van der Waals surface area contributed by atoms with Gasteiger partial charge in [0.1, 0.15) is 11.8 Å². The fraction of sp³-hybridized carbons (Fsp3) is 0.385. The molecule has 0 amide bonds. The van der Waals surface area contributed by atoms with Gasteiger partial charge in [-0.25, -0.2) is 0 Å². The molecule has 0 aromatic heterocycles. The average Bonchev–Trinajstić information content (AvgIpc) is 2.20. The predicted octanol–water partition coefficient (Wildman–Crippen LogP) is 2.08. The molecule has 1 aromatic rings. The fourth-order valence-electron chi connectivity index (χ4n) is 2.30. The molecular formula is C13H13NO3. The lowest BCUT2D eigenvalue weighted by molar-refractivity contribution is -0.147. The second-order valence-corrected chi connectivity index (χ2v) is 4.54. The molecule has 1 fully saturated rings. The van der Waals surface area contributed by atoms with E-state index in [0.717, 1.165) is 6.42 Å². The van der Waals surface area contributed by atoms with Gasteiger partial charge in [0.05, 0.1) is 11.0 Å². The molecule has 4 heteroatoms.